The summed E-state index contributed by atoms with van der Waals surface area (Å²) in [5.74, 6) is -0.462. The molecule has 1 atom stereocenters. The fourth-order valence-electron chi connectivity index (χ4n) is 2.69. The van der Waals surface area contributed by atoms with E-state index >= 15 is 0 Å². The maximum absolute atomic E-state index is 12.7. The minimum Gasteiger partial charge on any atom is -0.459 e. The van der Waals surface area contributed by atoms with E-state index in [0.717, 1.165) is 44.4 Å². The Bertz CT molecular complexity index is 588. The zero-order valence-corrected chi connectivity index (χ0v) is 20.3. The van der Waals surface area contributed by atoms with E-state index in [2.05, 4.69) is 38.8 Å². The highest BCUT2D eigenvalue weighted by atomic mass is 28.4. The molecule has 0 aromatic carbocycles. The summed E-state index contributed by atoms with van der Waals surface area (Å²) in [4.78, 5) is 17.0. The fraction of sp³-hybridized carbons (Fsp3) is 0.739. The van der Waals surface area contributed by atoms with Crippen LogP contribution in [0.5, 0.6) is 0 Å². The summed E-state index contributed by atoms with van der Waals surface area (Å²) in [5, 5.41) is 0.260. The summed E-state index contributed by atoms with van der Waals surface area (Å²) >= 11 is 0. The molecule has 0 radical (unpaired) electrons. The number of unbranched alkanes of at least 4 members (excludes halogenated alkanes) is 3. The first-order chi connectivity index (χ1) is 12.8. The van der Waals surface area contributed by atoms with Gasteiger partial charge in [0.05, 0.1) is 11.6 Å². The Hall–Kier alpha value is -1.20. The zero-order chi connectivity index (χ0) is 21.4. The maximum Gasteiger partial charge on any atom is 0.315 e. The SMILES string of the molecule is CC(C)(C)OC(=O)C(CCCCCCO[Si](C)(C)C(C)(C)C)c1ccccn1. The minimum absolute atomic E-state index is 0.174. The van der Waals surface area contributed by atoms with Crippen LogP contribution in [-0.4, -0.2) is 31.5 Å². The van der Waals surface area contributed by atoms with Crippen molar-refractivity contribution in [3.05, 3.63) is 30.1 Å². The van der Waals surface area contributed by atoms with Gasteiger partial charge in [0.1, 0.15) is 5.60 Å². The number of pyridine rings is 1. The van der Waals surface area contributed by atoms with Crippen LogP contribution in [0.3, 0.4) is 0 Å². The largest absolute Gasteiger partial charge is 0.459 e. The Morgan fingerprint density at radius 1 is 1.04 bits per heavy atom. The van der Waals surface area contributed by atoms with Crippen LogP contribution in [0.15, 0.2) is 24.4 Å². The van der Waals surface area contributed by atoms with Gasteiger partial charge >= 0.3 is 5.97 Å². The molecule has 1 rings (SSSR count). The van der Waals surface area contributed by atoms with E-state index in [1.165, 1.54) is 0 Å². The second-order valence-electron chi connectivity index (χ2n) is 10.2. The van der Waals surface area contributed by atoms with E-state index in [4.69, 9.17) is 9.16 Å². The van der Waals surface area contributed by atoms with Gasteiger partial charge < -0.3 is 9.16 Å². The van der Waals surface area contributed by atoms with Crippen LogP contribution < -0.4 is 0 Å². The van der Waals surface area contributed by atoms with Gasteiger partial charge in [-0.2, -0.15) is 0 Å². The van der Waals surface area contributed by atoms with E-state index < -0.39 is 13.9 Å². The Morgan fingerprint density at radius 2 is 1.68 bits per heavy atom. The van der Waals surface area contributed by atoms with Gasteiger partial charge in [-0.15, -0.1) is 0 Å². The molecule has 0 fully saturated rings. The van der Waals surface area contributed by atoms with Crippen LogP contribution >= 0.6 is 0 Å². The van der Waals surface area contributed by atoms with Gasteiger partial charge in [-0.1, -0.05) is 46.1 Å². The molecule has 0 saturated carbocycles. The molecule has 1 aromatic heterocycles. The smallest absolute Gasteiger partial charge is 0.315 e. The van der Waals surface area contributed by atoms with Gasteiger partial charge in [0.25, 0.3) is 0 Å². The number of ether oxygens (including phenoxy) is 1. The van der Waals surface area contributed by atoms with Crippen molar-refractivity contribution in [3.8, 4) is 0 Å². The lowest BCUT2D eigenvalue weighted by atomic mass is 9.96. The normalized spacial score (nSPS) is 14.0. The van der Waals surface area contributed by atoms with Crippen LogP contribution in [-0.2, 0) is 14.0 Å². The predicted octanol–water partition coefficient (Wildman–Crippen LogP) is 6.48. The van der Waals surface area contributed by atoms with Crippen LogP contribution in [0.2, 0.25) is 18.1 Å². The average Bonchev–Trinajstić information content (AvgIpc) is 2.55. The molecule has 0 aliphatic heterocycles. The minimum atomic E-state index is -1.64. The van der Waals surface area contributed by atoms with Crippen LogP contribution in [0.1, 0.15) is 85.3 Å². The number of rotatable bonds is 10. The number of nitrogens with zero attached hydrogens (tertiary/aromatic N) is 1. The quantitative estimate of drug-likeness (QED) is 0.253. The maximum atomic E-state index is 12.7. The van der Waals surface area contributed by atoms with Gasteiger partial charge in [0.2, 0.25) is 0 Å². The number of hydrogen-bond donors (Lipinski definition) is 0. The highest BCUT2D eigenvalue weighted by Crippen LogP contribution is 2.36. The first kappa shape index (κ1) is 24.8. The van der Waals surface area contributed by atoms with E-state index in [-0.39, 0.29) is 16.9 Å². The van der Waals surface area contributed by atoms with Crippen LogP contribution in [0.25, 0.3) is 0 Å². The van der Waals surface area contributed by atoms with Crippen molar-refractivity contribution in [1.82, 2.24) is 4.98 Å². The summed E-state index contributed by atoms with van der Waals surface area (Å²) in [6.45, 7) is 18.0. The number of aromatic nitrogens is 1. The lowest BCUT2D eigenvalue weighted by Gasteiger charge is -2.36. The second kappa shape index (κ2) is 10.5. The molecule has 1 unspecified atom stereocenters. The van der Waals surface area contributed by atoms with Crippen molar-refractivity contribution >= 4 is 14.3 Å². The number of hydrogen-bond acceptors (Lipinski definition) is 4. The molecule has 1 aromatic rings. The lowest BCUT2D eigenvalue weighted by molar-refractivity contribution is -0.157. The number of carbonyl (C=O) groups excluding carboxylic acids is 1. The first-order valence-electron chi connectivity index (χ1n) is 10.6. The van der Waals surface area contributed by atoms with Gasteiger partial charge in [-0.05, 0) is 63.9 Å². The summed E-state index contributed by atoms with van der Waals surface area (Å²) < 4.78 is 11.9. The van der Waals surface area contributed by atoms with Crippen molar-refractivity contribution < 1.29 is 14.0 Å². The zero-order valence-electron chi connectivity index (χ0n) is 19.3. The molecule has 160 valence electrons. The Kier molecular flexibility index (Phi) is 9.35. The average molecular weight is 408 g/mol. The summed E-state index contributed by atoms with van der Waals surface area (Å²) in [5.41, 5.74) is 0.323. The monoisotopic (exact) mass is 407 g/mol. The van der Waals surface area contributed by atoms with Gasteiger partial charge in [0, 0.05) is 12.8 Å². The van der Waals surface area contributed by atoms with Crippen molar-refractivity contribution in [3.63, 3.8) is 0 Å². The van der Waals surface area contributed by atoms with Crippen molar-refractivity contribution in [1.29, 1.82) is 0 Å². The lowest BCUT2D eigenvalue weighted by Crippen LogP contribution is -2.40. The van der Waals surface area contributed by atoms with Crippen LogP contribution in [0.4, 0.5) is 0 Å². The third-order valence-electron chi connectivity index (χ3n) is 5.39. The van der Waals surface area contributed by atoms with Gasteiger partial charge in [0.15, 0.2) is 8.32 Å². The second-order valence-corrected chi connectivity index (χ2v) is 15.0. The van der Waals surface area contributed by atoms with Crippen LogP contribution in [0, 0.1) is 0 Å². The molecule has 0 aliphatic carbocycles. The molecule has 0 bridgehead atoms. The standard InChI is InChI=1S/C23H41NO3Si/c1-22(2,3)27-21(25)19(20-16-12-13-17-24-20)15-11-9-10-14-18-26-28(7,8)23(4,5)6/h12-13,16-17,19H,9-11,14-15,18H2,1-8H3. The first-order valence-corrected chi connectivity index (χ1v) is 13.5. The molecule has 0 spiro atoms. The highest BCUT2D eigenvalue weighted by Gasteiger charge is 2.36. The van der Waals surface area contributed by atoms with Crippen molar-refractivity contribution in [2.45, 2.75) is 103 Å². The molecule has 5 heteroatoms. The molecule has 0 saturated heterocycles. The third kappa shape index (κ3) is 8.87. The van der Waals surface area contributed by atoms with Crippen molar-refractivity contribution in [2.75, 3.05) is 6.61 Å². The Labute approximate surface area is 173 Å². The molecular weight excluding hydrogens is 366 g/mol. The summed E-state index contributed by atoms with van der Waals surface area (Å²) in [7, 11) is -1.64. The number of esters is 1. The topological polar surface area (TPSA) is 48.4 Å². The van der Waals surface area contributed by atoms with E-state index in [0.29, 0.717) is 0 Å². The molecule has 1 heterocycles. The Morgan fingerprint density at radius 3 is 2.21 bits per heavy atom. The third-order valence-corrected chi connectivity index (χ3v) is 9.93. The molecule has 0 aliphatic rings. The van der Waals surface area contributed by atoms with E-state index in [1.54, 1.807) is 6.20 Å². The molecule has 0 amide bonds. The van der Waals surface area contributed by atoms with E-state index in [1.807, 2.05) is 39.0 Å². The molecule has 28 heavy (non-hydrogen) atoms. The summed E-state index contributed by atoms with van der Waals surface area (Å²) in [6.07, 6.45) is 6.79. The van der Waals surface area contributed by atoms with Gasteiger partial charge in [-0.25, -0.2) is 0 Å². The fourth-order valence-corrected chi connectivity index (χ4v) is 3.78. The molecule has 4 nitrogen and oxygen atoms in total. The van der Waals surface area contributed by atoms with E-state index in [9.17, 15) is 4.79 Å². The number of carbonyl (C=O) groups is 1. The Balaban J connectivity index is 2.45. The molecular formula is C23H41NO3Si. The molecule has 0 N–H and O–H groups in total. The highest BCUT2D eigenvalue weighted by molar-refractivity contribution is 6.74. The summed E-state index contributed by atoms with van der Waals surface area (Å²) in [6, 6.07) is 5.72. The predicted molar refractivity (Wildman–Crippen MR) is 119 cm³/mol. The van der Waals surface area contributed by atoms with Gasteiger partial charge in [-0.3, -0.25) is 9.78 Å². The van der Waals surface area contributed by atoms with Crippen molar-refractivity contribution in [2.24, 2.45) is 0 Å².